The minimum Gasteiger partial charge on any atom is -0.493 e. The predicted molar refractivity (Wildman–Crippen MR) is 172 cm³/mol. The molecule has 0 radical (unpaired) electrons. The molecule has 0 bridgehead atoms. The zero-order valence-corrected chi connectivity index (χ0v) is 24.0. The zero-order chi connectivity index (χ0) is 29.6. The Morgan fingerprint density at radius 2 is 1.56 bits per heavy atom. The van der Waals surface area contributed by atoms with Crippen molar-refractivity contribution in [2.45, 2.75) is 13.5 Å². The SMILES string of the molecule is COc1cc(/C=N/NC(=O)c2ccc(-n3c(C)ccc3-c3ccccc3)cc2)ccc1OCc1ccc2ccccc2c1. The molecule has 0 fully saturated rings. The molecule has 0 saturated carbocycles. The van der Waals surface area contributed by atoms with Crippen molar-refractivity contribution in [3.05, 3.63) is 150 Å². The van der Waals surface area contributed by atoms with Crippen molar-refractivity contribution in [1.29, 1.82) is 0 Å². The summed E-state index contributed by atoms with van der Waals surface area (Å²) in [4.78, 5) is 12.8. The summed E-state index contributed by atoms with van der Waals surface area (Å²) in [6.07, 6.45) is 1.58. The summed E-state index contributed by atoms with van der Waals surface area (Å²) in [5.41, 5.74) is 9.29. The molecule has 212 valence electrons. The van der Waals surface area contributed by atoms with Gasteiger partial charge in [-0.1, -0.05) is 66.7 Å². The molecular weight excluding hydrogens is 534 g/mol. The lowest BCUT2D eigenvalue weighted by molar-refractivity contribution is 0.0955. The summed E-state index contributed by atoms with van der Waals surface area (Å²) in [5.74, 6) is 0.921. The fraction of sp³-hybridized carbons (Fsp3) is 0.0811. The molecule has 0 saturated heterocycles. The summed E-state index contributed by atoms with van der Waals surface area (Å²) < 4.78 is 13.8. The van der Waals surface area contributed by atoms with Crippen LogP contribution in [0.2, 0.25) is 0 Å². The largest absolute Gasteiger partial charge is 0.493 e. The van der Waals surface area contributed by atoms with Crippen LogP contribution in [-0.2, 0) is 6.61 Å². The molecule has 1 aromatic heterocycles. The third-order valence-corrected chi connectivity index (χ3v) is 7.31. The molecule has 6 nitrogen and oxygen atoms in total. The maximum atomic E-state index is 12.8. The molecule has 6 aromatic rings. The van der Waals surface area contributed by atoms with Crippen molar-refractivity contribution >= 4 is 22.9 Å². The van der Waals surface area contributed by atoms with E-state index in [1.807, 2.05) is 60.7 Å². The number of aryl methyl sites for hydroxylation is 1. The molecule has 1 N–H and O–H groups in total. The van der Waals surface area contributed by atoms with Gasteiger partial charge < -0.3 is 14.0 Å². The highest BCUT2D eigenvalue weighted by Gasteiger charge is 2.11. The Bertz CT molecular complexity index is 1910. The highest BCUT2D eigenvalue weighted by molar-refractivity contribution is 5.95. The molecule has 0 spiro atoms. The van der Waals surface area contributed by atoms with E-state index in [1.165, 1.54) is 10.8 Å². The number of hydrogen-bond donors (Lipinski definition) is 1. The highest BCUT2D eigenvalue weighted by Crippen LogP contribution is 2.29. The van der Waals surface area contributed by atoms with E-state index >= 15 is 0 Å². The molecular formula is C37H31N3O3. The highest BCUT2D eigenvalue weighted by atomic mass is 16.5. The van der Waals surface area contributed by atoms with E-state index in [2.05, 4.69) is 76.6 Å². The number of hydrazone groups is 1. The van der Waals surface area contributed by atoms with Crippen LogP contribution in [0.15, 0.2) is 132 Å². The van der Waals surface area contributed by atoms with Crippen LogP contribution in [0, 0.1) is 6.92 Å². The van der Waals surface area contributed by atoms with Crippen molar-refractivity contribution in [3.63, 3.8) is 0 Å². The molecule has 1 heterocycles. The second-order valence-corrected chi connectivity index (χ2v) is 10.2. The van der Waals surface area contributed by atoms with Crippen LogP contribution < -0.4 is 14.9 Å². The third-order valence-electron chi connectivity index (χ3n) is 7.31. The number of aromatic nitrogens is 1. The number of rotatable bonds is 9. The van der Waals surface area contributed by atoms with E-state index in [4.69, 9.17) is 9.47 Å². The minimum atomic E-state index is -0.294. The first-order valence-corrected chi connectivity index (χ1v) is 14.1. The van der Waals surface area contributed by atoms with Gasteiger partial charge in [0.15, 0.2) is 11.5 Å². The van der Waals surface area contributed by atoms with Gasteiger partial charge in [-0.3, -0.25) is 4.79 Å². The molecule has 5 aromatic carbocycles. The van der Waals surface area contributed by atoms with Gasteiger partial charge in [-0.2, -0.15) is 5.10 Å². The number of carbonyl (C=O) groups is 1. The average Bonchev–Trinajstić information content (AvgIpc) is 3.45. The molecule has 0 aliphatic carbocycles. The van der Waals surface area contributed by atoms with Crippen molar-refractivity contribution < 1.29 is 14.3 Å². The quantitative estimate of drug-likeness (QED) is 0.143. The third kappa shape index (κ3) is 6.19. The summed E-state index contributed by atoms with van der Waals surface area (Å²) in [7, 11) is 1.60. The first-order valence-electron chi connectivity index (χ1n) is 14.1. The van der Waals surface area contributed by atoms with Gasteiger partial charge in [0.1, 0.15) is 6.61 Å². The van der Waals surface area contributed by atoms with E-state index in [9.17, 15) is 4.79 Å². The topological polar surface area (TPSA) is 64.8 Å². The molecule has 6 heteroatoms. The fourth-order valence-corrected chi connectivity index (χ4v) is 5.08. The molecule has 6 rings (SSSR count). The average molecular weight is 566 g/mol. The second-order valence-electron chi connectivity index (χ2n) is 10.2. The number of carbonyl (C=O) groups excluding carboxylic acids is 1. The first-order chi connectivity index (χ1) is 21.1. The van der Waals surface area contributed by atoms with Crippen molar-refractivity contribution in [1.82, 2.24) is 9.99 Å². The fourth-order valence-electron chi connectivity index (χ4n) is 5.08. The monoisotopic (exact) mass is 565 g/mol. The van der Waals surface area contributed by atoms with Gasteiger partial charge in [0.25, 0.3) is 5.91 Å². The maximum Gasteiger partial charge on any atom is 0.271 e. The summed E-state index contributed by atoms with van der Waals surface area (Å²) >= 11 is 0. The van der Waals surface area contributed by atoms with Gasteiger partial charge in [0.05, 0.1) is 19.0 Å². The van der Waals surface area contributed by atoms with Crippen LogP contribution in [-0.4, -0.2) is 23.8 Å². The predicted octanol–water partition coefficient (Wildman–Crippen LogP) is 7.96. The molecule has 43 heavy (non-hydrogen) atoms. The van der Waals surface area contributed by atoms with Crippen molar-refractivity contribution in [2.24, 2.45) is 5.10 Å². The molecule has 0 aliphatic heterocycles. The van der Waals surface area contributed by atoms with Crippen molar-refractivity contribution in [3.8, 4) is 28.4 Å². The minimum absolute atomic E-state index is 0.294. The number of nitrogens with zero attached hydrogens (tertiary/aromatic N) is 2. The van der Waals surface area contributed by atoms with Gasteiger partial charge >= 0.3 is 0 Å². The Morgan fingerprint density at radius 3 is 2.35 bits per heavy atom. The first kappa shape index (κ1) is 27.5. The lowest BCUT2D eigenvalue weighted by Gasteiger charge is -2.13. The summed E-state index contributed by atoms with van der Waals surface area (Å²) in [5, 5.41) is 6.53. The molecule has 0 atom stereocenters. The second kappa shape index (κ2) is 12.5. The molecule has 0 unspecified atom stereocenters. The lowest BCUT2D eigenvalue weighted by Crippen LogP contribution is -2.17. The number of methoxy groups -OCH3 is 1. The Labute approximate surface area is 250 Å². The number of amides is 1. The molecule has 0 aliphatic rings. The van der Waals surface area contributed by atoms with Crippen LogP contribution in [0.3, 0.4) is 0 Å². The van der Waals surface area contributed by atoms with E-state index in [0.29, 0.717) is 23.7 Å². The molecule has 1 amide bonds. The van der Waals surface area contributed by atoms with Gasteiger partial charge in [0, 0.05) is 16.9 Å². The lowest BCUT2D eigenvalue weighted by atomic mass is 10.1. The zero-order valence-electron chi connectivity index (χ0n) is 24.0. The van der Waals surface area contributed by atoms with E-state index in [-0.39, 0.29) is 5.91 Å². The van der Waals surface area contributed by atoms with Crippen LogP contribution in [0.4, 0.5) is 0 Å². The van der Waals surface area contributed by atoms with Crippen molar-refractivity contribution in [2.75, 3.05) is 7.11 Å². The van der Waals surface area contributed by atoms with Crippen LogP contribution in [0.1, 0.15) is 27.2 Å². The van der Waals surface area contributed by atoms with Gasteiger partial charge in [0.2, 0.25) is 0 Å². The Morgan fingerprint density at radius 1 is 0.791 bits per heavy atom. The maximum absolute atomic E-state index is 12.8. The smallest absolute Gasteiger partial charge is 0.271 e. The van der Waals surface area contributed by atoms with E-state index in [1.54, 1.807) is 25.5 Å². The Hall–Kier alpha value is -5.62. The van der Waals surface area contributed by atoms with Gasteiger partial charge in [-0.15, -0.1) is 0 Å². The Balaban J connectivity index is 1.09. The number of fused-ring (bicyclic) bond motifs is 1. The number of benzene rings is 5. The summed E-state index contributed by atoms with van der Waals surface area (Å²) in [6.45, 7) is 2.49. The Kier molecular flexibility index (Phi) is 8.00. The number of nitrogens with one attached hydrogen (secondary N) is 1. The summed E-state index contributed by atoms with van der Waals surface area (Å²) in [6, 6.07) is 42.0. The standard InChI is InChI=1S/C37H31N3O3/c1-26-12-20-34(30-9-4-3-5-10-30)40(26)33-18-16-31(17-19-33)37(41)39-38-24-27-14-21-35(36(23-27)42-2)43-25-28-13-15-29-8-6-7-11-32(29)22-28/h3-24H,25H2,1-2H3,(H,39,41)/b38-24+. The van der Waals surface area contributed by atoms with E-state index in [0.717, 1.165) is 33.8 Å². The van der Waals surface area contributed by atoms with Crippen LogP contribution in [0.5, 0.6) is 11.5 Å². The van der Waals surface area contributed by atoms with Crippen LogP contribution >= 0.6 is 0 Å². The van der Waals surface area contributed by atoms with E-state index < -0.39 is 0 Å². The number of ether oxygens (including phenoxy) is 2. The van der Waals surface area contributed by atoms with Crippen LogP contribution in [0.25, 0.3) is 27.7 Å². The van der Waals surface area contributed by atoms with Gasteiger partial charge in [-0.25, -0.2) is 5.43 Å². The number of hydrogen-bond acceptors (Lipinski definition) is 4. The normalized spacial score (nSPS) is 11.1. The van der Waals surface area contributed by atoms with Gasteiger partial charge in [-0.05, 0) is 95.1 Å².